The van der Waals surface area contributed by atoms with Crippen LogP contribution < -0.4 is 5.73 Å². The molecule has 1 heterocycles. The van der Waals surface area contributed by atoms with Crippen LogP contribution in [0.3, 0.4) is 0 Å². The third-order valence-electron chi connectivity index (χ3n) is 2.47. The first-order valence-corrected chi connectivity index (χ1v) is 5.10. The van der Waals surface area contributed by atoms with Crippen LogP contribution in [0, 0.1) is 0 Å². The first kappa shape index (κ1) is 9.71. The summed E-state index contributed by atoms with van der Waals surface area (Å²) >= 11 is 0. The first-order chi connectivity index (χ1) is 7.31. The molecule has 0 saturated heterocycles. The summed E-state index contributed by atoms with van der Waals surface area (Å²) < 4.78 is 0. The van der Waals surface area contributed by atoms with Gasteiger partial charge in [-0.25, -0.2) is 0 Å². The summed E-state index contributed by atoms with van der Waals surface area (Å²) in [5, 5.41) is 0. The largest absolute Gasteiger partial charge is 0.397 e. The molecule has 0 amide bonds. The van der Waals surface area contributed by atoms with Gasteiger partial charge in [-0.3, -0.25) is 4.98 Å². The van der Waals surface area contributed by atoms with E-state index < -0.39 is 0 Å². The number of aryl methyl sites for hydroxylation is 1. The van der Waals surface area contributed by atoms with E-state index >= 15 is 0 Å². The van der Waals surface area contributed by atoms with Gasteiger partial charge in [0.15, 0.2) is 0 Å². The Morgan fingerprint density at radius 3 is 2.73 bits per heavy atom. The Morgan fingerprint density at radius 1 is 1.20 bits per heavy atom. The molecule has 0 aliphatic rings. The molecule has 1 aromatic heterocycles. The lowest BCUT2D eigenvalue weighted by atomic mass is 9.99. The summed E-state index contributed by atoms with van der Waals surface area (Å²) in [6, 6.07) is 10.3. The van der Waals surface area contributed by atoms with Crippen molar-refractivity contribution in [1.82, 2.24) is 4.98 Å². The minimum atomic E-state index is 0.707. The molecule has 2 heteroatoms. The standard InChI is InChI=1S/C13H14N2/c1-2-10-5-3-4-6-13(10)11-7-12(14)9-15-8-11/h3-9H,2,14H2,1H3. The van der Waals surface area contributed by atoms with Gasteiger partial charge < -0.3 is 5.73 Å². The van der Waals surface area contributed by atoms with Crippen molar-refractivity contribution >= 4 is 5.69 Å². The van der Waals surface area contributed by atoms with E-state index in [1.807, 2.05) is 18.3 Å². The van der Waals surface area contributed by atoms with E-state index in [2.05, 4.69) is 30.1 Å². The van der Waals surface area contributed by atoms with Gasteiger partial charge in [-0.1, -0.05) is 31.2 Å². The lowest BCUT2D eigenvalue weighted by Crippen LogP contribution is -1.90. The highest BCUT2D eigenvalue weighted by Crippen LogP contribution is 2.24. The van der Waals surface area contributed by atoms with Crippen molar-refractivity contribution in [2.45, 2.75) is 13.3 Å². The van der Waals surface area contributed by atoms with Crippen LogP contribution in [-0.4, -0.2) is 4.98 Å². The molecule has 0 radical (unpaired) electrons. The first-order valence-electron chi connectivity index (χ1n) is 5.10. The molecule has 0 spiro atoms. The smallest absolute Gasteiger partial charge is 0.0506 e. The Bertz CT molecular complexity index is 464. The van der Waals surface area contributed by atoms with Crippen molar-refractivity contribution in [2.75, 3.05) is 5.73 Å². The van der Waals surface area contributed by atoms with Gasteiger partial charge in [0, 0.05) is 18.0 Å². The molecule has 2 nitrogen and oxygen atoms in total. The highest BCUT2D eigenvalue weighted by Gasteiger charge is 2.02. The van der Waals surface area contributed by atoms with Gasteiger partial charge in [0.1, 0.15) is 0 Å². The van der Waals surface area contributed by atoms with E-state index in [0.29, 0.717) is 5.69 Å². The molecule has 0 atom stereocenters. The molecular weight excluding hydrogens is 184 g/mol. The fraction of sp³-hybridized carbons (Fsp3) is 0.154. The number of benzene rings is 1. The molecule has 2 aromatic rings. The van der Waals surface area contributed by atoms with Crippen molar-refractivity contribution in [2.24, 2.45) is 0 Å². The second-order valence-corrected chi connectivity index (χ2v) is 3.52. The molecule has 0 aliphatic carbocycles. The maximum absolute atomic E-state index is 5.72. The minimum absolute atomic E-state index is 0.707. The van der Waals surface area contributed by atoms with Crippen molar-refractivity contribution in [3.8, 4) is 11.1 Å². The van der Waals surface area contributed by atoms with Crippen LogP contribution in [0.4, 0.5) is 5.69 Å². The summed E-state index contributed by atoms with van der Waals surface area (Å²) in [6.07, 6.45) is 4.54. The lowest BCUT2D eigenvalue weighted by Gasteiger charge is -2.07. The van der Waals surface area contributed by atoms with Crippen LogP contribution >= 0.6 is 0 Å². The number of nitrogens with two attached hydrogens (primary N) is 1. The maximum Gasteiger partial charge on any atom is 0.0506 e. The van der Waals surface area contributed by atoms with Crippen LogP contribution in [-0.2, 0) is 6.42 Å². The molecular formula is C13H14N2. The normalized spacial score (nSPS) is 10.2. The third kappa shape index (κ3) is 1.99. The number of aromatic nitrogens is 1. The molecule has 0 fully saturated rings. The Hall–Kier alpha value is -1.83. The molecule has 1 aromatic carbocycles. The van der Waals surface area contributed by atoms with Crippen molar-refractivity contribution in [1.29, 1.82) is 0 Å². The monoisotopic (exact) mass is 198 g/mol. The van der Waals surface area contributed by atoms with Gasteiger partial charge >= 0.3 is 0 Å². The van der Waals surface area contributed by atoms with Crippen LogP contribution in [0.2, 0.25) is 0 Å². The fourth-order valence-corrected chi connectivity index (χ4v) is 1.72. The van der Waals surface area contributed by atoms with Crippen molar-refractivity contribution in [3.63, 3.8) is 0 Å². The molecule has 2 N–H and O–H groups in total. The van der Waals surface area contributed by atoms with Crippen molar-refractivity contribution < 1.29 is 0 Å². The van der Waals surface area contributed by atoms with E-state index in [-0.39, 0.29) is 0 Å². The fourth-order valence-electron chi connectivity index (χ4n) is 1.72. The number of hydrogen-bond acceptors (Lipinski definition) is 2. The zero-order chi connectivity index (χ0) is 10.7. The minimum Gasteiger partial charge on any atom is -0.397 e. The topological polar surface area (TPSA) is 38.9 Å². The van der Waals surface area contributed by atoms with Gasteiger partial charge in [-0.05, 0) is 23.6 Å². The van der Waals surface area contributed by atoms with Crippen LogP contribution in [0.15, 0.2) is 42.7 Å². The molecule has 2 rings (SSSR count). The highest BCUT2D eigenvalue weighted by molar-refractivity contribution is 5.69. The van der Waals surface area contributed by atoms with Gasteiger partial charge in [0.2, 0.25) is 0 Å². The van der Waals surface area contributed by atoms with Crippen LogP contribution in [0.25, 0.3) is 11.1 Å². The average Bonchev–Trinajstić information content (AvgIpc) is 2.29. The quantitative estimate of drug-likeness (QED) is 0.805. The van der Waals surface area contributed by atoms with Gasteiger partial charge in [0.25, 0.3) is 0 Å². The highest BCUT2D eigenvalue weighted by atomic mass is 14.7. The van der Waals surface area contributed by atoms with Crippen LogP contribution in [0.5, 0.6) is 0 Å². The molecule has 0 bridgehead atoms. The number of nitrogens with zero attached hydrogens (tertiary/aromatic N) is 1. The van der Waals surface area contributed by atoms with Crippen molar-refractivity contribution in [3.05, 3.63) is 48.3 Å². The summed E-state index contributed by atoms with van der Waals surface area (Å²) in [7, 11) is 0. The number of rotatable bonds is 2. The summed E-state index contributed by atoms with van der Waals surface area (Å²) in [5.41, 5.74) is 10.1. The molecule has 0 aliphatic heterocycles. The second kappa shape index (κ2) is 4.13. The number of pyridine rings is 1. The van der Waals surface area contributed by atoms with E-state index in [1.165, 1.54) is 11.1 Å². The van der Waals surface area contributed by atoms with E-state index in [1.54, 1.807) is 6.20 Å². The van der Waals surface area contributed by atoms with Gasteiger partial charge in [0.05, 0.1) is 5.69 Å². The zero-order valence-electron chi connectivity index (χ0n) is 8.77. The average molecular weight is 198 g/mol. The second-order valence-electron chi connectivity index (χ2n) is 3.52. The summed E-state index contributed by atoms with van der Waals surface area (Å²) in [5.74, 6) is 0. The Balaban J connectivity index is 2.53. The van der Waals surface area contributed by atoms with Gasteiger partial charge in [-0.2, -0.15) is 0 Å². The Labute approximate surface area is 89.8 Å². The summed E-state index contributed by atoms with van der Waals surface area (Å²) in [4.78, 5) is 4.11. The third-order valence-corrected chi connectivity index (χ3v) is 2.47. The molecule has 76 valence electrons. The Morgan fingerprint density at radius 2 is 2.00 bits per heavy atom. The number of nitrogen functional groups attached to an aromatic ring is 1. The predicted molar refractivity (Wildman–Crippen MR) is 63.5 cm³/mol. The Kier molecular flexibility index (Phi) is 2.68. The molecule has 15 heavy (non-hydrogen) atoms. The van der Waals surface area contributed by atoms with E-state index in [4.69, 9.17) is 5.73 Å². The molecule has 0 saturated carbocycles. The van der Waals surface area contributed by atoms with Gasteiger partial charge in [-0.15, -0.1) is 0 Å². The number of anilines is 1. The molecule has 0 unspecified atom stereocenters. The van der Waals surface area contributed by atoms with E-state index in [0.717, 1.165) is 12.0 Å². The SMILES string of the molecule is CCc1ccccc1-c1cncc(N)c1. The zero-order valence-corrected chi connectivity index (χ0v) is 8.77. The van der Waals surface area contributed by atoms with E-state index in [9.17, 15) is 0 Å². The number of hydrogen-bond donors (Lipinski definition) is 1. The van der Waals surface area contributed by atoms with Crippen LogP contribution in [0.1, 0.15) is 12.5 Å². The maximum atomic E-state index is 5.72. The summed E-state index contributed by atoms with van der Waals surface area (Å²) in [6.45, 7) is 2.15. The lowest BCUT2D eigenvalue weighted by molar-refractivity contribution is 1.14. The predicted octanol–water partition coefficient (Wildman–Crippen LogP) is 2.89.